The van der Waals surface area contributed by atoms with Crippen molar-refractivity contribution in [1.82, 2.24) is 5.32 Å². The second-order valence-corrected chi connectivity index (χ2v) is 4.72. The molecule has 0 aliphatic carbocycles. The molecule has 3 atom stereocenters. The minimum absolute atomic E-state index is 0.0641. The molecule has 0 heterocycles. The van der Waals surface area contributed by atoms with Gasteiger partial charge in [-0.3, -0.25) is 4.79 Å². The third kappa shape index (κ3) is 4.61. The Morgan fingerprint density at radius 3 is 2.53 bits per heavy atom. The van der Waals surface area contributed by atoms with Gasteiger partial charge in [-0.05, 0) is 23.6 Å². The van der Waals surface area contributed by atoms with E-state index in [4.69, 9.17) is 5.73 Å². The molecule has 106 valence electrons. The highest BCUT2D eigenvalue weighted by Gasteiger charge is 2.20. The molecule has 1 aromatic rings. The van der Waals surface area contributed by atoms with Crippen molar-refractivity contribution >= 4 is 5.91 Å². The average molecular weight is 268 g/mol. The van der Waals surface area contributed by atoms with Crippen LogP contribution in [-0.4, -0.2) is 23.6 Å². The molecule has 19 heavy (non-hydrogen) atoms. The Morgan fingerprint density at radius 2 is 2.00 bits per heavy atom. The van der Waals surface area contributed by atoms with Crippen LogP contribution in [0.1, 0.15) is 31.9 Å². The van der Waals surface area contributed by atoms with Gasteiger partial charge in [-0.1, -0.05) is 32.4 Å². The first-order valence-corrected chi connectivity index (χ1v) is 6.42. The fourth-order valence-electron chi connectivity index (χ4n) is 1.63. The molecule has 1 rings (SSSR count). The predicted molar refractivity (Wildman–Crippen MR) is 71.8 cm³/mol. The molecule has 0 aliphatic heterocycles. The van der Waals surface area contributed by atoms with Crippen molar-refractivity contribution in [3.05, 3.63) is 35.6 Å². The molecule has 1 amide bonds. The first kappa shape index (κ1) is 15.6. The van der Waals surface area contributed by atoms with Gasteiger partial charge in [0.1, 0.15) is 5.82 Å². The van der Waals surface area contributed by atoms with Crippen LogP contribution in [0.5, 0.6) is 0 Å². The van der Waals surface area contributed by atoms with Crippen molar-refractivity contribution in [2.75, 3.05) is 6.54 Å². The summed E-state index contributed by atoms with van der Waals surface area (Å²) in [4.78, 5) is 11.7. The van der Waals surface area contributed by atoms with Crippen molar-refractivity contribution in [3.8, 4) is 0 Å². The van der Waals surface area contributed by atoms with Gasteiger partial charge in [0, 0.05) is 6.54 Å². The van der Waals surface area contributed by atoms with E-state index in [-0.39, 0.29) is 24.2 Å². The van der Waals surface area contributed by atoms with Gasteiger partial charge in [0.15, 0.2) is 0 Å². The summed E-state index contributed by atoms with van der Waals surface area (Å²) >= 11 is 0. The SMILES string of the molecule is CCC(C)C(N)C(=O)NCC(O)c1ccc(F)cc1. The van der Waals surface area contributed by atoms with Crippen LogP contribution >= 0.6 is 0 Å². The molecule has 0 aliphatic rings. The van der Waals surface area contributed by atoms with E-state index >= 15 is 0 Å². The van der Waals surface area contributed by atoms with Crippen LogP contribution in [0.15, 0.2) is 24.3 Å². The van der Waals surface area contributed by atoms with Crippen LogP contribution in [0.25, 0.3) is 0 Å². The molecule has 0 saturated carbocycles. The maximum absolute atomic E-state index is 12.7. The number of carbonyl (C=O) groups is 1. The van der Waals surface area contributed by atoms with Crippen LogP contribution in [0.2, 0.25) is 0 Å². The highest BCUT2D eigenvalue weighted by molar-refractivity contribution is 5.81. The number of aliphatic hydroxyl groups excluding tert-OH is 1. The van der Waals surface area contributed by atoms with Crippen LogP contribution < -0.4 is 11.1 Å². The lowest BCUT2D eigenvalue weighted by molar-refractivity contribution is -0.123. The summed E-state index contributed by atoms with van der Waals surface area (Å²) in [6.45, 7) is 3.93. The first-order chi connectivity index (χ1) is 8.95. The topological polar surface area (TPSA) is 75.4 Å². The Kier molecular flexibility index (Phi) is 5.92. The molecule has 3 unspecified atom stereocenters. The Bertz CT molecular complexity index is 408. The monoisotopic (exact) mass is 268 g/mol. The van der Waals surface area contributed by atoms with Crippen molar-refractivity contribution in [1.29, 1.82) is 0 Å². The lowest BCUT2D eigenvalue weighted by atomic mass is 9.99. The molecule has 1 aromatic carbocycles. The summed E-state index contributed by atoms with van der Waals surface area (Å²) in [5, 5.41) is 12.5. The maximum atomic E-state index is 12.7. The highest BCUT2D eigenvalue weighted by atomic mass is 19.1. The number of halogens is 1. The number of rotatable bonds is 6. The zero-order valence-corrected chi connectivity index (χ0v) is 11.3. The molecule has 0 fully saturated rings. The number of nitrogens with two attached hydrogens (primary N) is 1. The number of carbonyl (C=O) groups excluding carboxylic acids is 1. The maximum Gasteiger partial charge on any atom is 0.237 e. The van der Waals surface area contributed by atoms with Crippen LogP contribution in [-0.2, 0) is 4.79 Å². The van der Waals surface area contributed by atoms with E-state index in [1.807, 2.05) is 13.8 Å². The minimum Gasteiger partial charge on any atom is -0.387 e. The number of aliphatic hydroxyl groups is 1. The van der Waals surface area contributed by atoms with Gasteiger partial charge < -0.3 is 16.2 Å². The summed E-state index contributed by atoms with van der Waals surface area (Å²) < 4.78 is 12.7. The summed E-state index contributed by atoms with van der Waals surface area (Å²) in [5.41, 5.74) is 6.33. The molecule has 0 spiro atoms. The van der Waals surface area contributed by atoms with Crippen LogP contribution in [0.3, 0.4) is 0 Å². The first-order valence-electron chi connectivity index (χ1n) is 6.42. The van der Waals surface area contributed by atoms with Crippen LogP contribution in [0.4, 0.5) is 4.39 Å². The van der Waals surface area contributed by atoms with Gasteiger partial charge in [0.05, 0.1) is 12.1 Å². The Labute approximate surface area is 112 Å². The fraction of sp³-hybridized carbons (Fsp3) is 0.500. The summed E-state index contributed by atoms with van der Waals surface area (Å²) in [6.07, 6.45) is -0.0524. The normalized spacial score (nSPS) is 15.6. The number of hydrogen-bond donors (Lipinski definition) is 3. The van der Waals surface area contributed by atoms with E-state index in [1.54, 1.807) is 0 Å². The minimum atomic E-state index is -0.867. The smallest absolute Gasteiger partial charge is 0.237 e. The molecular formula is C14H21FN2O2. The lowest BCUT2D eigenvalue weighted by Crippen LogP contribution is -2.45. The Balaban J connectivity index is 2.48. The number of benzene rings is 1. The van der Waals surface area contributed by atoms with E-state index in [1.165, 1.54) is 24.3 Å². The van der Waals surface area contributed by atoms with Gasteiger partial charge in [-0.25, -0.2) is 4.39 Å². The lowest BCUT2D eigenvalue weighted by Gasteiger charge is -2.19. The zero-order valence-electron chi connectivity index (χ0n) is 11.3. The molecule has 4 nitrogen and oxygen atoms in total. The third-order valence-corrected chi connectivity index (χ3v) is 3.28. The van der Waals surface area contributed by atoms with Gasteiger partial charge in [-0.15, -0.1) is 0 Å². The second-order valence-electron chi connectivity index (χ2n) is 4.72. The summed E-state index contributed by atoms with van der Waals surface area (Å²) in [7, 11) is 0. The third-order valence-electron chi connectivity index (χ3n) is 3.28. The highest BCUT2D eigenvalue weighted by Crippen LogP contribution is 2.12. The van der Waals surface area contributed by atoms with E-state index in [9.17, 15) is 14.3 Å². The quantitative estimate of drug-likeness (QED) is 0.729. The molecule has 0 bridgehead atoms. The number of nitrogens with one attached hydrogen (secondary N) is 1. The Hall–Kier alpha value is -1.46. The molecule has 0 radical (unpaired) electrons. The Morgan fingerprint density at radius 1 is 1.42 bits per heavy atom. The van der Waals surface area contributed by atoms with E-state index < -0.39 is 12.1 Å². The summed E-state index contributed by atoms with van der Waals surface area (Å²) in [6, 6.07) is 4.93. The fourth-order valence-corrected chi connectivity index (χ4v) is 1.63. The number of hydrogen-bond acceptors (Lipinski definition) is 3. The van der Waals surface area contributed by atoms with Gasteiger partial charge in [-0.2, -0.15) is 0 Å². The molecule has 4 N–H and O–H groups in total. The van der Waals surface area contributed by atoms with E-state index in [0.717, 1.165) is 6.42 Å². The molecule has 0 aromatic heterocycles. The van der Waals surface area contributed by atoms with E-state index in [2.05, 4.69) is 5.32 Å². The van der Waals surface area contributed by atoms with Gasteiger partial charge in [0.25, 0.3) is 0 Å². The largest absolute Gasteiger partial charge is 0.387 e. The standard InChI is InChI=1S/C14H21FN2O2/c1-3-9(2)13(16)14(19)17-8-12(18)10-4-6-11(15)7-5-10/h4-7,9,12-13,18H,3,8,16H2,1-2H3,(H,17,19). The average Bonchev–Trinajstić information content (AvgIpc) is 2.43. The molecule has 0 saturated heterocycles. The van der Waals surface area contributed by atoms with Crippen molar-refractivity contribution in [2.45, 2.75) is 32.4 Å². The second kappa shape index (κ2) is 7.21. The zero-order chi connectivity index (χ0) is 14.4. The van der Waals surface area contributed by atoms with Crippen molar-refractivity contribution in [3.63, 3.8) is 0 Å². The summed E-state index contributed by atoms with van der Waals surface area (Å²) in [5.74, 6) is -0.558. The van der Waals surface area contributed by atoms with E-state index in [0.29, 0.717) is 5.56 Å². The van der Waals surface area contributed by atoms with Crippen LogP contribution in [0, 0.1) is 11.7 Å². The van der Waals surface area contributed by atoms with Crippen molar-refractivity contribution in [2.24, 2.45) is 11.7 Å². The number of amides is 1. The van der Waals surface area contributed by atoms with Gasteiger partial charge in [0.2, 0.25) is 5.91 Å². The molecule has 5 heteroatoms. The predicted octanol–water partition coefficient (Wildman–Crippen LogP) is 1.35. The van der Waals surface area contributed by atoms with Gasteiger partial charge >= 0.3 is 0 Å². The van der Waals surface area contributed by atoms with Crippen molar-refractivity contribution < 1.29 is 14.3 Å². The molecular weight excluding hydrogens is 247 g/mol.